The number of nitrogens with zero attached hydrogens (tertiary/aromatic N) is 1. The molecule has 0 aliphatic carbocycles. The number of rotatable bonds is 2. The summed E-state index contributed by atoms with van der Waals surface area (Å²) in [4.78, 5) is 14.8. The molecule has 0 saturated heterocycles. The summed E-state index contributed by atoms with van der Waals surface area (Å²) in [7, 11) is 0. The number of carboxylic acid groups (broad SMARTS) is 1. The molecule has 3 rings (SSSR count). The number of pyridine rings is 1. The molecule has 0 aliphatic rings. The number of carboxylic acids is 1. The third-order valence-electron chi connectivity index (χ3n) is 2.75. The van der Waals surface area contributed by atoms with Gasteiger partial charge in [-0.05, 0) is 30.3 Å². The Kier molecular flexibility index (Phi) is 2.72. The maximum Gasteiger partial charge on any atom is 0.337 e. The zero-order valence-electron chi connectivity index (χ0n) is 9.63. The zero-order valence-corrected chi connectivity index (χ0v) is 10.4. The van der Waals surface area contributed by atoms with Crippen molar-refractivity contribution in [2.75, 3.05) is 0 Å². The number of fused-ring (bicyclic) bond motifs is 1. The number of aromatic nitrogens is 1. The molecule has 3 aromatic rings. The van der Waals surface area contributed by atoms with Crippen LogP contribution >= 0.6 is 11.6 Å². The van der Waals surface area contributed by atoms with E-state index in [4.69, 9.17) is 21.1 Å². The van der Waals surface area contributed by atoms with E-state index in [9.17, 15) is 4.79 Å². The van der Waals surface area contributed by atoms with Gasteiger partial charge in [0.05, 0.1) is 5.56 Å². The van der Waals surface area contributed by atoms with Crippen LogP contribution in [0.5, 0.6) is 0 Å². The van der Waals surface area contributed by atoms with E-state index in [0.717, 1.165) is 5.39 Å². The summed E-state index contributed by atoms with van der Waals surface area (Å²) >= 11 is 5.89. The quantitative estimate of drug-likeness (QED) is 0.770. The van der Waals surface area contributed by atoms with Crippen LogP contribution in [-0.2, 0) is 0 Å². The lowest BCUT2D eigenvalue weighted by molar-refractivity contribution is 0.0696. The first kappa shape index (κ1) is 11.7. The van der Waals surface area contributed by atoms with Gasteiger partial charge in [-0.2, -0.15) is 0 Å². The van der Waals surface area contributed by atoms with Crippen LogP contribution in [0, 0.1) is 0 Å². The van der Waals surface area contributed by atoms with Crippen molar-refractivity contribution in [3.8, 4) is 11.5 Å². The lowest BCUT2D eigenvalue weighted by Crippen LogP contribution is -1.96. The summed E-state index contributed by atoms with van der Waals surface area (Å²) in [5.74, 6) is -0.426. The van der Waals surface area contributed by atoms with Crippen LogP contribution < -0.4 is 0 Å². The fourth-order valence-corrected chi connectivity index (χ4v) is 1.96. The van der Waals surface area contributed by atoms with Gasteiger partial charge >= 0.3 is 5.97 Å². The summed E-state index contributed by atoms with van der Waals surface area (Å²) in [5.41, 5.74) is 1.40. The molecule has 5 heteroatoms. The minimum absolute atomic E-state index is 0.142. The maximum atomic E-state index is 10.7. The minimum atomic E-state index is -1.00. The SMILES string of the molecule is O=C(O)c1ccc(-c2cc3ccc(Cl)cc3o2)nc1. The maximum absolute atomic E-state index is 10.7. The van der Waals surface area contributed by atoms with Crippen LogP contribution in [0.15, 0.2) is 47.0 Å². The van der Waals surface area contributed by atoms with Crippen LogP contribution in [0.25, 0.3) is 22.4 Å². The molecule has 0 spiro atoms. The Hall–Kier alpha value is -2.33. The van der Waals surface area contributed by atoms with E-state index < -0.39 is 5.97 Å². The van der Waals surface area contributed by atoms with Crippen LogP contribution in [0.1, 0.15) is 10.4 Å². The molecule has 2 heterocycles. The lowest BCUT2D eigenvalue weighted by atomic mass is 10.2. The number of furan rings is 1. The Morgan fingerprint density at radius 2 is 2.05 bits per heavy atom. The molecule has 0 amide bonds. The van der Waals surface area contributed by atoms with Gasteiger partial charge in [0.1, 0.15) is 11.3 Å². The Labute approximate surface area is 113 Å². The largest absolute Gasteiger partial charge is 0.478 e. The van der Waals surface area contributed by atoms with E-state index in [1.54, 1.807) is 18.2 Å². The standard InChI is InChI=1S/C14H8ClNO3/c15-10-3-1-8-5-13(19-12(8)6-10)11-4-2-9(7-16-11)14(17)18/h1-7H,(H,17,18). The first-order valence-corrected chi connectivity index (χ1v) is 5.90. The number of hydrogen-bond donors (Lipinski definition) is 1. The van der Waals surface area contributed by atoms with Gasteiger partial charge in [-0.25, -0.2) is 4.79 Å². The van der Waals surface area contributed by atoms with Gasteiger partial charge in [0.15, 0.2) is 5.76 Å². The Bertz CT molecular complexity index is 762. The van der Waals surface area contributed by atoms with Crippen molar-refractivity contribution in [1.82, 2.24) is 4.98 Å². The number of aromatic carboxylic acids is 1. The monoisotopic (exact) mass is 273 g/mol. The van der Waals surface area contributed by atoms with Crippen LogP contribution in [0.3, 0.4) is 0 Å². The highest BCUT2D eigenvalue weighted by Gasteiger charge is 2.09. The second kappa shape index (κ2) is 4.40. The molecule has 1 aromatic carbocycles. The summed E-state index contributed by atoms with van der Waals surface area (Å²) < 4.78 is 5.64. The normalized spacial score (nSPS) is 10.8. The molecule has 0 atom stereocenters. The topological polar surface area (TPSA) is 63.3 Å². The molecule has 4 nitrogen and oxygen atoms in total. The van der Waals surface area contributed by atoms with Crippen molar-refractivity contribution in [2.24, 2.45) is 0 Å². The number of halogens is 1. The predicted octanol–water partition coefficient (Wildman–Crippen LogP) is 3.85. The second-order valence-electron chi connectivity index (χ2n) is 4.03. The molecule has 0 radical (unpaired) electrons. The van der Waals surface area contributed by atoms with Gasteiger partial charge in [-0.15, -0.1) is 0 Å². The average molecular weight is 274 g/mol. The highest BCUT2D eigenvalue weighted by atomic mass is 35.5. The molecule has 0 fully saturated rings. The summed E-state index contributed by atoms with van der Waals surface area (Å²) in [5, 5.41) is 10.3. The van der Waals surface area contributed by atoms with Crippen molar-refractivity contribution in [3.05, 3.63) is 53.2 Å². The smallest absolute Gasteiger partial charge is 0.337 e. The number of benzene rings is 1. The number of carbonyl (C=O) groups is 1. The molecule has 1 N–H and O–H groups in total. The highest BCUT2D eigenvalue weighted by molar-refractivity contribution is 6.31. The van der Waals surface area contributed by atoms with E-state index in [1.165, 1.54) is 12.3 Å². The van der Waals surface area contributed by atoms with E-state index in [-0.39, 0.29) is 5.56 Å². The van der Waals surface area contributed by atoms with Crippen LogP contribution in [-0.4, -0.2) is 16.1 Å². The van der Waals surface area contributed by atoms with E-state index >= 15 is 0 Å². The van der Waals surface area contributed by atoms with Crippen molar-refractivity contribution in [2.45, 2.75) is 0 Å². The van der Waals surface area contributed by atoms with E-state index in [2.05, 4.69) is 4.98 Å². The fourth-order valence-electron chi connectivity index (χ4n) is 1.80. The van der Waals surface area contributed by atoms with Gasteiger partial charge in [-0.1, -0.05) is 11.6 Å². The van der Waals surface area contributed by atoms with Crippen molar-refractivity contribution >= 4 is 28.5 Å². The van der Waals surface area contributed by atoms with Gasteiger partial charge in [-0.3, -0.25) is 4.98 Å². The lowest BCUT2D eigenvalue weighted by Gasteiger charge is -1.96. The molecule has 0 saturated carbocycles. The first-order chi connectivity index (χ1) is 9.13. The Morgan fingerprint density at radius 1 is 1.21 bits per heavy atom. The molecule has 0 unspecified atom stereocenters. The van der Waals surface area contributed by atoms with Crippen molar-refractivity contribution in [1.29, 1.82) is 0 Å². The van der Waals surface area contributed by atoms with E-state index in [1.807, 2.05) is 12.1 Å². The van der Waals surface area contributed by atoms with Crippen LogP contribution in [0.2, 0.25) is 5.02 Å². The molecule has 0 aliphatic heterocycles. The minimum Gasteiger partial charge on any atom is -0.478 e. The third kappa shape index (κ3) is 2.18. The third-order valence-corrected chi connectivity index (χ3v) is 2.98. The summed E-state index contributed by atoms with van der Waals surface area (Å²) in [6.45, 7) is 0. The predicted molar refractivity (Wildman–Crippen MR) is 71.4 cm³/mol. The summed E-state index contributed by atoms with van der Waals surface area (Å²) in [6, 6.07) is 10.3. The molecular weight excluding hydrogens is 266 g/mol. The average Bonchev–Trinajstić information content (AvgIpc) is 2.81. The zero-order chi connectivity index (χ0) is 13.4. The highest BCUT2D eigenvalue weighted by Crippen LogP contribution is 2.28. The number of hydrogen-bond acceptors (Lipinski definition) is 3. The van der Waals surface area contributed by atoms with Gasteiger partial charge < -0.3 is 9.52 Å². The molecular formula is C14H8ClNO3. The van der Waals surface area contributed by atoms with E-state index in [0.29, 0.717) is 22.1 Å². The van der Waals surface area contributed by atoms with Gasteiger partial charge in [0.2, 0.25) is 0 Å². The van der Waals surface area contributed by atoms with Gasteiger partial charge in [0, 0.05) is 22.7 Å². The molecule has 94 valence electrons. The second-order valence-corrected chi connectivity index (χ2v) is 4.47. The molecule has 19 heavy (non-hydrogen) atoms. The van der Waals surface area contributed by atoms with Gasteiger partial charge in [0.25, 0.3) is 0 Å². The Balaban J connectivity index is 2.06. The summed E-state index contributed by atoms with van der Waals surface area (Å²) in [6.07, 6.45) is 1.30. The first-order valence-electron chi connectivity index (χ1n) is 5.52. The molecule has 2 aromatic heterocycles. The van der Waals surface area contributed by atoms with Crippen LogP contribution in [0.4, 0.5) is 0 Å². The Morgan fingerprint density at radius 3 is 2.74 bits per heavy atom. The fraction of sp³-hybridized carbons (Fsp3) is 0. The van der Waals surface area contributed by atoms with Crippen molar-refractivity contribution < 1.29 is 14.3 Å². The van der Waals surface area contributed by atoms with Crippen molar-refractivity contribution in [3.63, 3.8) is 0 Å². The molecule has 0 bridgehead atoms.